The largest absolute Gasteiger partial charge is 0.397 e. The van der Waals surface area contributed by atoms with Gasteiger partial charge in [0.25, 0.3) is 0 Å². The van der Waals surface area contributed by atoms with E-state index < -0.39 is 0 Å². The number of benzene rings is 2. The average molecular weight is 278 g/mol. The van der Waals surface area contributed by atoms with Crippen LogP contribution >= 0.6 is 0 Å². The minimum absolute atomic E-state index is 0.605. The maximum Gasteiger partial charge on any atom is 0.0672 e. The van der Waals surface area contributed by atoms with E-state index >= 15 is 0 Å². The zero-order chi connectivity index (χ0) is 14.2. The van der Waals surface area contributed by atoms with Gasteiger partial charge in [-0.25, -0.2) is 0 Å². The maximum atomic E-state index is 6.28. The molecule has 1 saturated carbocycles. The van der Waals surface area contributed by atoms with Crippen molar-refractivity contribution in [3.8, 4) is 0 Å². The molecular formula is C17H18N4. The van der Waals surface area contributed by atoms with Gasteiger partial charge >= 0.3 is 0 Å². The lowest BCUT2D eigenvalue weighted by Crippen LogP contribution is -2.25. The van der Waals surface area contributed by atoms with Crippen LogP contribution in [-0.4, -0.2) is 16.2 Å². The number of rotatable bonds is 4. The molecule has 0 radical (unpaired) electrons. The fourth-order valence-electron chi connectivity index (χ4n) is 2.82. The summed E-state index contributed by atoms with van der Waals surface area (Å²) in [4.78, 5) is 2.42. The van der Waals surface area contributed by atoms with Crippen molar-refractivity contribution in [2.45, 2.75) is 25.4 Å². The molecule has 0 spiro atoms. The van der Waals surface area contributed by atoms with Gasteiger partial charge in [0.15, 0.2) is 0 Å². The Morgan fingerprint density at radius 2 is 2.00 bits per heavy atom. The van der Waals surface area contributed by atoms with Crippen LogP contribution in [0.2, 0.25) is 0 Å². The second-order valence-electron chi connectivity index (χ2n) is 5.71. The van der Waals surface area contributed by atoms with Gasteiger partial charge in [-0.05, 0) is 30.5 Å². The van der Waals surface area contributed by atoms with Crippen LogP contribution in [0, 0.1) is 0 Å². The predicted octanol–water partition coefficient (Wildman–Crippen LogP) is 3.31. The summed E-state index contributed by atoms with van der Waals surface area (Å²) in [5.41, 5.74) is 10.6. The van der Waals surface area contributed by atoms with Crippen LogP contribution in [0.1, 0.15) is 18.4 Å². The molecule has 4 heteroatoms. The minimum Gasteiger partial charge on any atom is -0.397 e. The highest BCUT2D eigenvalue weighted by atomic mass is 15.2. The van der Waals surface area contributed by atoms with Gasteiger partial charge in [0.05, 0.1) is 23.1 Å². The van der Waals surface area contributed by atoms with Crippen LogP contribution in [-0.2, 0) is 6.54 Å². The van der Waals surface area contributed by atoms with Gasteiger partial charge in [0.2, 0.25) is 0 Å². The monoisotopic (exact) mass is 278 g/mol. The average Bonchev–Trinajstić information content (AvgIpc) is 3.24. The third-order valence-electron chi connectivity index (χ3n) is 4.08. The molecule has 2 aromatic carbocycles. The normalized spacial score (nSPS) is 14.5. The number of nitrogens with zero attached hydrogens (tertiary/aromatic N) is 2. The van der Waals surface area contributed by atoms with Crippen LogP contribution in [0.4, 0.5) is 11.4 Å². The van der Waals surface area contributed by atoms with E-state index in [2.05, 4.69) is 51.5 Å². The number of nitrogen functional groups attached to an aromatic ring is 1. The number of aromatic amines is 1. The summed E-state index contributed by atoms with van der Waals surface area (Å²) in [7, 11) is 0. The Kier molecular flexibility index (Phi) is 2.81. The van der Waals surface area contributed by atoms with E-state index in [0.717, 1.165) is 28.8 Å². The number of hydrogen-bond acceptors (Lipinski definition) is 3. The molecule has 3 aromatic rings. The molecule has 1 aliphatic rings. The third kappa shape index (κ3) is 2.33. The Bertz CT molecular complexity index is 759. The van der Waals surface area contributed by atoms with Gasteiger partial charge in [-0.2, -0.15) is 5.10 Å². The zero-order valence-corrected chi connectivity index (χ0v) is 11.8. The number of anilines is 2. The molecule has 0 saturated heterocycles. The van der Waals surface area contributed by atoms with E-state index in [1.807, 2.05) is 12.3 Å². The van der Waals surface area contributed by atoms with E-state index in [1.54, 1.807) is 0 Å². The zero-order valence-electron chi connectivity index (χ0n) is 11.8. The Balaban J connectivity index is 1.73. The molecule has 1 heterocycles. The Hall–Kier alpha value is -2.49. The first-order chi connectivity index (χ1) is 10.3. The quantitative estimate of drug-likeness (QED) is 0.720. The number of H-pyrrole nitrogens is 1. The van der Waals surface area contributed by atoms with E-state index in [4.69, 9.17) is 5.73 Å². The van der Waals surface area contributed by atoms with Crippen molar-refractivity contribution in [1.82, 2.24) is 10.2 Å². The molecule has 21 heavy (non-hydrogen) atoms. The number of aromatic nitrogens is 2. The van der Waals surface area contributed by atoms with E-state index in [0.29, 0.717) is 6.04 Å². The van der Waals surface area contributed by atoms with Crippen molar-refractivity contribution in [1.29, 1.82) is 0 Å². The third-order valence-corrected chi connectivity index (χ3v) is 4.08. The number of hydrogen-bond donors (Lipinski definition) is 2. The Labute approximate surface area is 123 Å². The SMILES string of the molecule is Nc1cc2cn[nH]c2cc1N(Cc1ccccc1)C1CC1. The van der Waals surface area contributed by atoms with Gasteiger partial charge in [0, 0.05) is 18.0 Å². The number of fused-ring (bicyclic) bond motifs is 1. The summed E-state index contributed by atoms with van der Waals surface area (Å²) in [6.07, 6.45) is 4.30. The summed E-state index contributed by atoms with van der Waals surface area (Å²) in [5.74, 6) is 0. The second kappa shape index (κ2) is 4.81. The molecule has 1 aliphatic carbocycles. The molecule has 3 N–H and O–H groups in total. The molecule has 4 rings (SSSR count). The molecule has 1 aromatic heterocycles. The van der Waals surface area contributed by atoms with Crippen molar-refractivity contribution in [3.05, 3.63) is 54.2 Å². The fraction of sp³-hybridized carbons (Fsp3) is 0.235. The number of nitrogens with one attached hydrogen (secondary N) is 1. The highest BCUT2D eigenvalue weighted by Gasteiger charge is 2.30. The van der Waals surface area contributed by atoms with Gasteiger partial charge in [-0.15, -0.1) is 0 Å². The van der Waals surface area contributed by atoms with Crippen molar-refractivity contribution in [3.63, 3.8) is 0 Å². The predicted molar refractivity (Wildman–Crippen MR) is 86.2 cm³/mol. The Morgan fingerprint density at radius 1 is 1.19 bits per heavy atom. The van der Waals surface area contributed by atoms with Gasteiger partial charge in [0.1, 0.15) is 0 Å². The van der Waals surface area contributed by atoms with Crippen molar-refractivity contribution in [2.24, 2.45) is 0 Å². The molecule has 1 fully saturated rings. The summed E-state index contributed by atoms with van der Waals surface area (Å²) in [6, 6.07) is 15.3. The lowest BCUT2D eigenvalue weighted by Gasteiger charge is -2.26. The van der Waals surface area contributed by atoms with Crippen LogP contribution in [0.5, 0.6) is 0 Å². The summed E-state index contributed by atoms with van der Waals surface area (Å²) in [5, 5.41) is 8.18. The molecule has 0 aliphatic heterocycles. The first kappa shape index (κ1) is 12.3. The highest BCUT2D eigenvalue weighted by Crippen LogP contribution is 2.37. The van der Waals surface area contributed by atoms with Crippen LogP contribution in [0.25, 0.3) is 10.9 Å². The molecule has 106 valence electrons. The Morgan fingerprint density at radius 3 is 2.76 bits per heavy atom. The smallest absolute Gasteiger partial charge is 0.0672 e. The summed E-state index contributed by atoms with van der Waals surface area (Å²) in [6.45, 7) is 0.898. The van der Waals surface area contributed by atoms with Crippen molar-refractivity contribution < 1.29 is 0 Å². The van der Waals surface area contributed by atoms with Gasteiger partial charge in [-0.1, -0.05) is 30.3 Å². The summed E-state index contributed by atoms with van der Waals surface area (Å²) >= 11 is 0. The molecule has 0 bridgehead atoms. The van der Waals surface area contributed by atoms with E-state index in [1.165, 1.54) is 18.4 Å². The highest BCUT2D eigenvalue weighted by molar-refractivity contribution is 5.89. The van der Waals surface area contributed by atoms with E-state index in [-0.39, 0.29) is 0 Å². The topological polar surface area (TPSA) is 57.9 Å². The van der Waals surface area contributed by atoms with Crippen molar-refractivity contribution in [2.75, 3.05) is 10.6 Å². The molecule has 4 nitrogen and oxygen atoms in total. The lowest BCUT2D eigenvalue weighted by molar-refractivity contribution is 0.796. The fourth-order valence-corrected chi connectivity index (χ4v) is 2.82. The van der Waals surface area contributed by atoms with Crippen molar-refractivity contribution >= 4 is 22.3 Å². The molecular weight excluding hydrogens is 260 g/mol. The number of nitrogens with two attached hydrogens (primary N) is 1. The second-order valence-corrected chi connectivity index (χ2v) is 5.71. The van der Waals surface area contributed by atoms with Gasteiger partial charge in [-0.3, -0.25) is 5.10 Å². The standard InChI is InChI=1S/C17H18N4/c18-15-8-13-10-19-20-16(13)9-17(15)21(14-6-7-14)11-12-4-2-1-3-5-12/h1-5,8-10,14H,6-7,11,18H2,(H,19,20). The van der Waals surface area contributed by atoms with Crippen LogP contribution in [0.15, 0.2) is 48.7 Å². The summed E-state index contributed by atoms with van der Waals surface area (Å²) < 4.78 is 0. The van der Waals surface area contributed by atoms with Crippen LogP contribution in [0.3, 0.4) is 0 Å². The lowest BCUT2D eigenvalue weighted by atomic mass is 10.1. The molecule has 0 unspecified atom stereocenters. The van der Waals surface area contributed by atoms with Crippen LogP contribution < -0.4 is 10.6 Å². The maximum absolute atomic E-state index is 6.28. The van der Waals surface area contributed by atoms with E-state index in [9.17, 15) is 0 Å². The van der Waals surface area contributed by atoms with Gasteiger partial charge < -0.3 is 10.6 Å². The minimum atomic E-state index is 0.605. The first-order valence-electron chi connectivity index (χ1n) is 7.34. The molecule has 0 amide bonds. The molecule has 0 atom stereocenters. The first-order valence-corrected chi connectivity index (χ1v) is 7.34.